The summed E-state index contributed by atoms with van der Waals surface area (Å²) in [6, 6.07) is 0.249. The molecule has 0 aliphatic heterocycles. The monoisotopic (exact) mass is 212 g/mol. The minimum absolute atomic E-state index is 0.193. The van der Waals surface area contributed by atoms with Crippen molar-refractivity contribution in [3.05, 3.63) is 17.0 Å². The van der Waals surface area contributed by atoms with Gasteiger partial charge >= 0.3 is 0 Å². The zero-order valence-corrected chi connectivity index (χ0v) is 9.18. The van der Waals surface area contributed by atoms with Crippen molar-refractivity contribution >= 4 is 23.1 Å². The van der Waals surface area contributed by atoms with Crippen molar-refractivity contribution in [3.63, 3.8) is 0 Å². The van der Waals surface area contributed by atoms with E-state index in [1.807, 2.05) is 13.8 Å². The van der Waals surface area contributed by atoms with E-state index in [1.165, 1.54) is 0 Å². The van der Waals surface area contributed by atoms with E-state index in [0.717, 1.165) is 0 Å². The molecule has 4 nitrogen and oxygen atoms in total. The molecule has 0 atom stereocenters. The molecule has 0 fully saturated rings. The summed E-state index contributed by atoms with van der Waals surface area (Å²) in [6.07, 6.45) is 1.56. The molecule has 0 radical (unpaired) electrons. The zero-order chi connectivity index (χ0) is 10.7. The lowest BCUT2D eigenvalue weighted by atomic mass is 10.2. The minimum atomic E-state index is 0.193. The number of anilines is 1. The lowest BCUT2D eigenvalue weighted by Crippen LogP contribution is -2.14. The molecular formula is C9H13ClN4. The Hall–Kier alpha value is -1.16. The van der Waals surface area contributed by atoms with Gasteiger partial charge in [-0.3, -0.25) is 0 Å². The van der Waals surface area contributed by atoms with E-state index in [1.54, 1.807) is 13.1 Å². The molecule has 1 aromatic rings. The summed E-state index contributed by atoms with van der Waals surface area (Å²) in [4.78, 5) is 7.88. The van der Waals surface area contributed by atoms with Gasteiger partial charge in [0.15, 0.2) is 0 Å². The molecule has 0 unspecified atom stereocenters. The number of aromatic nitrogens is 2. The molecule has 1 aromatic heterocycles. The molecule has 1 heterocycles. The van der Waals surface area contributed by atoms with Crippen molar-refractivity contribution in [2.75, 3.05) is 5.32 Å². The highest BCUT2D eigenvalue weighted by Crippen LogP contribution is 2.15. The van der Waals surface area contributed by atoms with Crippen LogP contribution in [-0.4, -0.2) is 21.7 Å². The number of rotatable bonds is 3. The van der Waals surface area contributed by atoms with Crippen LogP contribution < -0.4 is 5.32 Å². The number of halogens is 1. The Morgan fingerprint density at radius 3 is 2.71 bits per heavy atom. The molecule has 76 valence electrons. The highest BCUT2D eigenvalue weighted by Gasteiger charge is 2.08. The van der Waals surface area contributed by atoms with Crippen LogP contribution in [0.4, 0.5) is 5.82 Å². The van der Waals surface area contributed by atoms with Gasteiger partial charge in [0.25, 0.3) is 0 Å². The van der Waals surface area contributed by atoms with Crippen molar-refractivity contribution in [3.8, 4) is 0 Å². The molecule has 2 N–H and O–H groups in total. The van der Waals surface area contributed by atoms with E-state index < -0.39 is 0 Å². The third kappa shape index (κ3) is 2.67. The summed E-state index contributed by atoms with van der Waals surface area (Å²) in [5, 5.41) is 10.8. The third-order valence-electron chi connectivity index (χ3n) is 1.59. The van der Waals surface area contributed by atoms with Gasteiger partial charge in [0.2, 0.25) is 5.28 Å². The van der Waals surface area contributed by atoms with Crippen LogP contribution in [0.1, 0.15) is 26.3 Å². The van der Waals surface area contributed by atoms with E-state index in [9.17, 15) is 0 Å². The van der Waals surface area contributed by atoms with E-state index in [2.05, 4.69) is 15.3 Å². The molecular weight excluding hydrogens is 200 g/mol. The third-order valence-corrected chi connectivity index (χ3v) is 1.77. The number of hydrogen-bond donors (Lipinski definition) is 2. The predicted octanol–water partition coefficient (Wildman–Crippen LogP) is 2.34. The average Bonchev–Trinajstić information content (AvgIpc) is 2.01. The van der Waals surface area contributed by atoms with Crippen molar-refractivity contribution in [1.82, 2.24) is 9.97 Å². The standard InChI is InChI=1S/C9H13ClN4/c1-5(2)13-8-7(6(3)11)4-12-9(10)14-8/h4-5,11H,1-3H3,(H,12,13,14). The maximum absolute atomic E-state index is 7.53. The van der Waals surface area contributed by atoms with Gasteiger partial charge in [-0.1, -0.05) is 0 Å². The summed E-state index contributed by atoms with van der Waals surface area (Å²) in [5.74, 6) is 0.618. The van der Waals surface area contributed by atoms with Gasteiger partial charge in [0.1, 0.15) is 5.82 Å². The minimum Gasteiger partial charge on any atom is -0.367 e. The van der Waals surface area contributed by atoms with Gasteiger partial charge < -0.3 is 10.7 Å². The van der Waals surface area contributed by atoms with Crippen LogP contribution in [0.25, 0.3) is 0 Å². The fourth-order valence-electron chi connectivity index (χ4n) is 1.02. The quantitative estimate of drug-likeness (QED) is 0.597. The Morgan fingerprint density at radius 1 is 1.57 bits per heavy atom. The van der Waals surface area contributed by atoms with Crippen molar-refractivity contribution < 1.29 is 0 Å². The van der Waals surface area contributed by atoms with Crippen molar-refractivity contribution in [2.24, 2.45) is 0 Å². The van der Waals surface area contributed by atoms with Gasteiger partial charge in [0, 0.05) is 18.0 Å². The summed E-state index contributed by atoms with van der Waals surface area (Å²) >= 11 is 5.67. The predicted molar refractivity (Wildman–Crippen MR) is 58.3 cm³/mol. The van der Waals surface area contributed by atoms with Crippen LogP contribution in [0.2, 0.25) is 5.28 Å². The molecule has 0 saturated heterocycles. The molecule has 14 heavy (non-hydrogen) atoms. The highest BCUT2D eigenvalue weighted by atomic mass is 35.5. The first-order valence-corrected chi connectivity index (χ1v) is 4.73. The Kier molecular flexibility index (Phi) is 3.41. The van der Waals surface area contributed by atoms with Crippen LogP contribution in [0, 0.1) is 5.41 Å². The number of nitrogens with zero attached hydrogens (tertiary/aromatic N) is 2. The van der Waals surface area contributed by atoms with E-state index in [4.69, 9.17) is 17.0 Å². The van der Waals surface area contributed by atoms with E-state index in [0.29, 0.717) is 17.1 Å². The molecule has 0 spiro atoms. The van der Waals surface area contributed by atoms with E-state index >= 15 is 0 Å². The average molecular weight is 213 g/mol. The van der Waals surface area contributed by atoms with E-state index in [-0.39, 0.29) is 11.3 Å². The van der Waals surface area contributed by atoms with Gasteiger partial charge in [-0.15, -0.1) is 0 Å². The Balaban J connectivity index is 3.09. The SMILES string of the molecule is CC(=N)c1cnc(Cl)nc1NC(C)C. The molecule has 5 heteroatoms. The lowest BCUT2D eigenvalue weighted by molar-refractivity contribution is 0.885. The topological polar surface area (TPSA) is 61.7 Å². The van der Waals surface area contributed by atoms with Gasteiger partial charge in [-0.2, -0.15) is 0 Å². The lowest BCUT2D eigenvalue weighted by Gasteiger charge is -2.12. The summed E-state index contributed by atoms with van der Waals surface area (Å²) < 4.78 is 0. The molecule has 0 bridgehead atoms. The summed E-state index contributed by atoms with van der Waals surface area (Å²) in [7, 11) is 0. The van der Waals surface area contributed by atoms with Gasteiger partial charge in [-0.25, -0.2) is 9.97 Å². The summed E-state index contributed by atoms with van der Waals surface area (Å²) in [5.41, 5.74) is 1.10. The Bertz CT molecular complexity index is 349. The molecule has 0 saturated carbocycles. The first kappa shape index (κ1) is 10.9. The maximum atomic E-state index is 7.53. The molecule has 0 aliphatic rings. The normalized spacial score (nSPS) is 10.4. The maximum Gasteiger partial charge on any atom is 0.224 e. The van der Waals surface area contributed by atoms with Gasteiger partial charge in [-0.05, 0) is 32.4 Å². The Labute approximate surface area is 88.2 Å². The summed E-state index contributed by atoms with van der Waals surface area (Å²) in [6.45, 7) is 5.69. The first-order chi connectivity index (χ1) is 6.50. The number of hydrogen-bond acceptors (Lipinski definition) is 4. The molecule has 1 rings (SSSR count). The van der Waals surface area contributed by atoms with Crippen LogP contribution >= 0.6 is 11.6 Å². The van der Waals surface area contributed by atoms with Gasteiger partial charge in [0.05, 0.1) is 5.56 Å². The first-order valence-electron chi connectivity index (χ1n) is 4.35. The van der Waals surface area contributed by atoms with Crippen LogP contribution in [0.3, 0.4) is 0 Å². The molecule has 0 amide bonds. The molecule has 0 aliphatic carbocycles. The van der Waals surface area contributed by atoms with Crippen molar-refractivity contribution in [1.29, 1.82) is 5.41 Å². The smallest absolute Gasteiger partial charge is 0.224 e. The van der Waals surface area contributed by atoms with Crippen molar-refractivity contribution in [2.45, 2.75) is 26.8 Å². The highest BCUT2D eigenvalue weighted by molar-refractivity contribution is 6.28. The second-order valence-corrected chi connectivity index (χ2v) is 3.66. The molecule has 0 aromatic carbocycles. The second-order valence-electron chi connectivity index (χ2n) is 3.33. The Morgan fingerprint density at radius 2 is 2.21 bits per heavy atom. The van der Waals surface area contributed by atoms with Crippen LogP contribution in [0.5, 0.6) is 0 Å². The zero-order valence-electron chi connectivity index (χ0n) is 8.43. The van der Waals surface area contributed by atoms with Crippen LogP contribution in [0.15, 0.2) is 6.20 Å². The number of nitrogens with one attached hydrogen (secondary N) is 2. The second kappa shape index (κ2) is 4.37. The fraction of sp³-hybridized carbons (Fsp3) is 0.444. The fourth-order valence-corrected chi connectivity index (χ4v) is 1.15. The largest absolute Gasteiger partial charge is 0.367 e. The van der Waals surface area contributed by atoms with Crippen LogP contribution in [-0.2, 0) is 0 Å².